The van der Waals surface area contributed by atoms with Gasteiger partial charge in [0.25, 0.3) is 0 Å². The molecule has 1 rings (SSSR count). The largest absolute Gasteiger partial charge is 0.389 e. The standard InChI is InChI=1S/C10H21NO2S/c1-3-13-7-10(12)6-11(2)9-4-5-14-8-9/h9-10,12H,3-8H2,1-2H3. The van der Waals surface area contributed by atoms with Crippen LogP contribution in [0.4, 0.5) is 0 Å². The van der Waals surface area contributed by atoms with E-state index in [4.69, 9.17) is 4.74 Å². The minimum absolute atomic E-state index is 0.342. The SMILES string of the molecule is CCOCC(O)CN(C)C1CCSC1. The molecular formula is C10H21NO2S. The molecule has 1 saturated heterocycles. The first-order valence-electron chi connectivity index (χ1n) is 5.27. The lowest BCUT2D eigenvalue weighted by atomic mass is 10.2. The van der Waals surface area contributed by atoms with Crippen LogP contribution in [0.1, 0.15) is 13.3 Å². The Labute approximate surface area is 90.8 Å². The number of ether oxygens (including phenoxy) is 1. The van der Waals surface area contributed by atoms with Crippen LogP contribution in [0.15, 0.2) is 0 Å². The first kappa shape index (κ1) is 12.3. The summed E-state index contributed by atoms with van der Waals surface area (Å²) in [5.74, 6) is 2.47. The summed E-state index contributed by atoms with van der Waals surface area (Å²) >= 11 is 2.00. The zero-order valence-corrected chi connectivity index (χ0v) is 9.92. The monoisotopic (exact) mass is 219 g/mol. The molecule has 1 fully saturated rings. The van der Waals surface area contributed by atoms with Crippen LogP contribution in [-0.4, -0.2) is 60.5 Å². The van der Waals surface area contributed by atoms with Crippen molar-refractivity contribution in [2.75, 3.05) is 38.3 Å². The highest BCUT2D eigenvalue weighted by molar-refractivity contribution is 7.99. The van der Waals surface area contributed by atoms with Gasteiger partial charge in [-0.15, -0.1) is 0 Å². The van der Waals surface area contributed by atoms with Gasteiger partial charge in [-0.1, -0.05) is 0 Å². The zero-order valence-electron chi connectivity index (χ0n) is 9.11. The van der Waals surface area contributed by atoms with E-state index in [1.807, 2.05) is 18.7 Å². The fourth-order valence-corrected chi connectivity index (χ4v) is 2.96. The van der Waals surface area contributed by atoms with Crippen LogP contribution in [0.25, 0.3) is 0 Å². The van der Waals surface area contributed by atoms with E-state index in [-0.39, 0.29) is 6.10 Å². The van der Waals surface area contributed by atoms with Crippen LogP contribution in [0.3, 0.4) is 0 Å². The third-order valence-electron chi connectivity index (χ3n) is 2.54. The summed E-state index contributed by atoms with van der Waals surface area (Å²) in [6.45, 7) is 3.82. The smallest absolute Gasteiger partial charge is 0.0900 e. The Morgan fingerprint density at radius 2 is 2.43 bits per heavy atom. The van der Waals surface area contributed by atoms with E-state index in [0.29, 0.717) is 19.3 Å². The van der Waals surface area contributed by atoms with Crippen molar-refractivity contribution in [2.24, 2.45) is 0 Å². The Balaban J connectivity index is 2.14. The molecule has 1 heterocycles. The predicted molar refractivity (Wildman–Crippen MR) is 60.9 cm³/mol. The van der Waals surface area contributed by atoms with Crippen LogP contribution in [0.5, 0.6) is 0 Å². The van der Waals surface area contributed by atoms with E-state index >= 15 is 0 Å². The van der Waals surface area contributed by atoms with Gasteiger partial charge in [-0.05, 0) is 26.1 Å². The first-order chi connectivity index (χ1) is 6.74. The molecule has 0 saturated carbocycles. The van der Waals surface area contributed by atoms with Crippen molar-refractivity contribution in [3.8, 4) is 0 Å². The summed E-state index contributed by atoms with van der Waals surface area (Å²) in [4.78, 5) is 2.25. The van der Waals surface area contributed by atoms with E-state index < -0.39 is 0 Å². The number of rotatable bonds is 6. The number of thioether (sulfide) groups is 1. The van der Waals surface area contributed by atoms with Crippen molar-refractivity contribution < 1.29 is 9.84 Å². The van der Waals surface area contributed by atoms with Gasteiger partial charge in [-0.3, -0.25) is 4.90 Å². The minimum Gasteiger partial charge on any atom is -0.389 e. The van der Waals surface area contributed by atoms with Crippen LogP contribution < -0.4 is 0 Å². The third kappa shape index (κ3) is 4.17. The molecule has 1 N–H and O–H groups in total. The normalized spacial score (nSPS) is 24.4. The Kier molecular flexibility index (Phi) is 5.86. The van der Waals surface area contributed by atoms with E-state index in [9.17, 15) is 5.11 Å². The molecule has 84 valence electrons. The Bertz CT molecular complexity index is 151. The van der Waals surface area contributed by atoms with E-state index in [2.05, 4.69) is 11.9 Å². The zero-order chi connectivity index (χ0) is 10.4. The Morgan fingerprint density at radius 1 is 1.64 bits per heavy atom. The van der Waals surface area contributed by atoms with Crippen molar-refractivity contribution in [3.05, 3.63) is 0 Å². The fourth-order valence-electron chi connectivity index (χ4n) is 1.66. The van der Waals surface area contributed by atoms with Crippen molar-refractivity contribution in [1.82, 2.24) is 4.90 Å². The van der Waals surface area contributed by atoms with Crippen LogP contribution in [0.2, 0.25) is 0 Å². The maximum absolute atomic E-state index is 9.64. The summed E-state index contributed by atoms with van der Waals surface area (Å²) in [6.07, 6.45) is 0.910. The number of hydrogen-bond donors (Lipinski definition) is 1. The number of aliphatic hydroxyl groups excluding tert-OH is 1. The molecule has 0 bridgehead atoms. The van der Waals surface area contributed by atoms with Crippen LogP contribution in [0, 0.1) is 0 Å². The van der Waals surface area contributed by atoms with E-state index in [1.165, 1.54) is 17.9 Å². The van der Waals surface area contributed by atoms with Crippen LogP contribution >= 0.6 is 11.8 Å². The molecule has 4 heteroatoms. The fraction of sp³-hybridized carbons (Fsp3) is 1.00. The van der Waals surface area contributed by atoms with Crippen molar-refractivity contribution in [2.45, 2.75) is 25.5 Å². The second-order valence-corrected chi connectivity index (χ2v) is 4.92. The Hall–Kier alpha value is 0.230. The molecule has 1 aliphatic heterocycles. The first-order valence-corrected chi connectivity index (χ1v) is 6.43. The van der Waals surface area contributed by atoms with Crippen molar-refractivity contribution >= 4 is 11.8 Å². The number of hydrogen-bond acceptors (Lipinski definition) is 4. The van der Waals surface area contributed by atoms with Gasteiger partial charge in [0.1, 0.15) is 0 Å². The molecule has 0 aromatic carbocycles. The average molecular weight is 219 g/mol. The topological polar surface area (TPSA) is 32.7 Å². The van der Waals surface area contributed by atoms with Crippen molar-refractivity contribution in [1.29, 1.82) is 0 Å². The third-order valence-corrected chi connectivity index (χ3v) is 3.69. The van der Waals surface area contributed by atoms with Gasteiger partial charge in [-0.2, -0.15) is 11.8 Å². The molecule has 2 atom stereocenters. The molecule has 0 spiro atoms. The van der Waals surface area contributed by atoms with Gasteiger partial charge in [-0.25, -0.2) is 0 Å². The number of nitrogens with zero attached hydrogens (tertiary/aromatic N) is 1. The lowest BCUT2D eigenvalue weighted by molar-refractivity contribution is 0.0202. The molecule has 1 aliphatic rings. The predicted octanol–water partition coefficient (Wildman–Crippen LogP) is 0.821. The molecule has 0 radical (unpaired) electrons. The quantitative estimate of drug-likeness (QED) is 0.717. The summed E-state index contributed by atoms with van der Waals surface area (Å²) in [5, 5.41) is 9.64. The average Bonchev–Trinajstić information content (AvgIpc) is 2.67. The van der Waals surface area contributed by atoms with Gasteiger partial charge in [0.05, 0.1) is 12.7 Å². The summed E-state index contributed by atoms with van der Waals surface area (Å²) in [5.41, 5.74) is 0. The summed E-state index contributed by atoms with van der Waals surface area (Å²) in [6, 6.07) is 0.649. The maximum atomic E-state index is 9.64. The highest BCUT2D eigenvalue weighted by Crippen LogP contribution is 2.21. The molecule has 0 amide bonds. The second-order valence-electron chi connectivity index (χ2n) is 3.77. The number of aliphatic hydroxyl groups is 1. The van der Waals surface area contributed by atoms with Crippen LogP contribution in [-0.2, 0) is 4.74 Å². The van der Waals surface area contributed by atoms with Gasteiger partial charge in [0.2, 0.25) is 0 Å². The lowest BCUT2D eigenvalue weighted by Gasteiger charge is -2.25. The summed E-state index contributed by atoms with van der Waals surface area (Å²) in [7, 11) is 2.09. The lowest BCUT2D eigenvalue weighted by Crippen LogP contribution is -2.39. The summed E-state index contributed by atoms with van der Waals surface area (Å²) < 4.78 is 5.18. The molecule has 0 aliphatic carbocycles. The molecule has 0 aromatic heterocycles. The van der Waals surface area contributed by atoms with E-state index in [1.54, 1.807) is 0 Å². The van der Waals surface area contributed by atoms with Gasteiger partial charge < -0.3 is 9.84 Å². The van der Waals surface area contributed by atoms with Gasteiger partial charge in [0, 0.05) is 24.9 Å². The Morgan fingerprint density at radius 3 is 3.00 bits per heavy atom. The molecule has 0 aromatic rings. The highest BCUT2D eigenvalue weighted by Gasteiger charge is 2.21. The van der Waals surface area contributed by atoms with E-state index in [0.717, 1.165) is 6.54 Å². The minimum atomic E-state index is -0.342. The highest BCUT2D eigenvalue weighted by atomic mass is 32.2. The second kappa shape index (κ2) is 6.67. The molecule has 14 heavy (non-hydrogen) atoms. The maximum Gasteiger partial charge on any atom is 0.0900 e. The molecule has 3 nitrogen and oxygen atoms in total. The molecular weight excluding hydrogens is 198 g/mol. The number of likely N-dealkylation sites (N-methyl/N-ethyl adjacent to an activating group) is 1. The van der Waals surface area contributed by atoms with Gasteiger partial charge >= 0.3 is 0 Å². The van der Waals surface area contributed by atoms with Gasteiger partial charge in [0.15, 0.2) is 0 Å². The van der Waals surface area contributed by atoms with Crippen molar-refractivity contribution in [3.63, 3.8) is 0 Å². The molecule has 2 unspecified atom stereocenters.